The Morgan fingerprint density at radius 3 is 2.53 bits per heavy atom. The van der Waals surface area contributed by atoms with Crippen molar-refractivity contribution < 1.29 is 0 Å². The van der Waals surface area contributed by atoms with Crippen molar-refractivity contribution in [3.8, 4) is 0 Å². The van der Waals surface area contributed by atoms with E-state index in [2.05, 4.69) is 14.9 Å². The monoisotopic (exact) mass is 409 g/mol. The zero-order chi connectivity index (χ0) is 23.0. The molecule has 3 N–H and O–H groups in total. The van der Waals surface area contributed by atoms with Crippen LogP contribution in [0, 0.1) is 0 Å². The lowest BCUT2D eigenvalue weighted by atomic mass is 9.70. The van der Waals surface area contributed by atoms with Crippen molar-refractivity contribution in [2.24, 2.45) is 5.73 Å². The van der Waals surface area contributed by atoms with Crippen LogP contribution >= 0.6 is 0 Å². The summed E-state index contributed by atoms with van der Waals surface area (Å²) in [4.78, 5) is 15.0. The highest BCUT2D eigenvalue weighted by molar-refractivity contribution is 6.57. The van der Waals surface area contributed by atoms with Gasteiger partial charge in [-0.3, -0.25) is 9.88 Å². The number of aromatic amines is 1. The first-order valence-corrected chi connectivity index (χ1v) is 10.9. The number of hydrogen-bond donors (Lipinski definition) is 2. The van der Waals surface area contributed by atoms with Crippen molar-refractivity contribution in [1.29, 1.82) is 0 Å². The molecular formula is C21H21B6N5. The predicted octanol–water partition coefficient (Wildman–Crippen LogP) is -3.66. The molecule has 3 aromatic rings. The number of rotatable bonds is 7. The van der Waals surface area contributed by atoms with E-state index in [1.807, 2.05) is 0 Å². The van der Waals surface area contributed by atoms with Gasteiger partial charge in [0.1, 0.15) is 52.9 Å². The van der Waals surface area contributed by atoms with Gasteiger partial charge in [-0.15, -0.1) is 5.46 Å². The maximum Gasteiger partial charge on any atom is 0.140 e. The van der Waals surface area contributed by atoms with Crippen molar-refractivity contribution >= 4 is 91.0 Å². The molecule has 5 nitrogen and oxygen atoms in total. The summed E-state index contributed by atoms with van der Waals surface area (Å²) in [5, 5.41) is 0. The average molecular weight is 408 g/mol. The third-order valence-electron chi connectivity index (χ3n) is 6.27. The molecule has 11 heteroatoms. The van der Waals surface area contributed by atoms with Crippen LogP contribution in [0.5, 0.6) is 0 Å². The van der Waals surface area contributed by atoms with E-state index in [0.29, 0.717) is 51.4 Å². The Kier molecular flexibility index (Phi) is 6.97. The molecule has 0 fully saturated rings. The van der Waals surface area contributed by atoms with Gasteiger partial charge in [0.25, 0.3) is 0 Å². The first-order valence-electron chi connectivity index (χ1n) is 10.9. The zero-order valence-electron chi connectivity index (χ0n) is 18.2. The van der Waals surface area contributed by atoms with Crippen LogP contribution in [0.3, 0.4) is 0 Å². The number of unbranched alkanes of at least 4 members (excludes halogenated alkanes) is 1. The molecule has 0 saturated carbocycles. The molecule has 2 aromatic heterocycles. The summed E-state index contributed by atoms with van der Waals surface area (Å²) in [6.07, 6.45) is 4.62. The van der Waals surface area contributed by atoms with Gasteiger partial charge in [0, 0.05) is 0 Å². The molecule has 2 heterocycles. The Morgan fingerprint density at radius 1 is 1.00 bits per heavy atom. The number of imidazole rings is 1. The first kappa shape index (κ1) is 23.3. The molecule has 32 heavy (non-hydrogen) atoms. The Morgan fingerprint density at radius 2 is 1.78 bits per heavy atom. The number of nitrogens with zero attached hydrogens (tertiary/aromatic N) is 3. The van der Waals surface area contributed by atoms with Gasteiger partial charge >= 0.3 is 0 Å². The number of aromatic nitrogens is 3. The smallest absolute Gasteiger partial charge is 0.140 e. The van der Waals surface area contributed by atoms with Gasteiger partial charge in [0.05, 0.1) is 29.3 Å². The summed E-state index contributed by atoms with van der Waals surface area (Å²) >= 11 is 0. The lowest BCUT2D eigenvalue weighted by Crippen LogP contribution is -2.47. The molecule has 0 aliphatic heterocycles. The van der Waals surface area contributed by atoms with Crippen LogP contribution in [0.25, 0.3) is 11.0 Å². The van der Waals surface area contributed by atoms with Crippen molar-refractivity contribution in [1.82, 2.24) is 19.9 Å². The molecule has 12 radical (unpaired) electrons. The molecule has 0 spiro atoms. The topological polar surface area (TPSA) is 70.8 Å². The minimum Gasteiger partial charge on any atom is -0.341 e. The number of H-pyrrole nitrogens is 1. The minimum absolute atomic E-state index is 0.0368. The standard InChI is InChI=1S/C21H21B6N5/c22-11-8-12(23)19-20(16(11)25)30-14(29-19)9-32(7-2-1-6-28)13-5-3-4-10-15(24)17(26)21(27)31-18(10)13/h8,13H,1-7,9,28H2,(H,29,30)/t13-/m0/s1. The van der Waals surface area contributed by atoms with E-state index in [1.54, 1.807) is 6.07 Å². The van der Waals surface area contributed by atoms with Crippen LogP contribution < -0.4 is 38.6 Å². The van der Waals surface area contributed by atoms with Crippen molar-refractivity contribution in [2.75, 3.05) is 13.1 Å². The van der Waals surface area contributed by atoms with Gasteiger partial charge in [-0.05, 0) is 56.4 Å². The van der Waals surface area contributed by atoms with E-state index >= 15 is 0 Å². The highest BCUT2D eigenvalue weighted by atomic mass is 15.2. The summed E-state index contributed by atoms with van der Waals surface area (Å²) in [6, 6.07) is 1.67. The maximum atomic E-state index is 6.30. The molecule has 0 saturated heterocycles. The number of benzene rings is 1. The Hall–Kier alpha value is -1.85. The second-order valence-electron chi connectivity index (χ2n) is 8.44. The molecule has 0 amide bonds. The summed E-state index contributed by atoms with van der Waals surface area (Å²) in [5.74, 6) is 0.750. The normalized spacial score (nSPS) is 16.0. The molecular weight excluding hydrogens is 387 g/mol. The fourth-order valence-electron chi connectivity index (χ4n) is 4.55. The quantitative estimate of drug-likeness (QED) is 0.313. The number of fused-ring (bicyclic) bond motifs is 2. The molecule has 1 aliphatic carbocycles. The highest BCUT2D eigenvalue weighted by Gasteiger charge is 2.29. The molecule has 148 valence electrons. The Balaban J connectivity index is 1.71. The van der Waals surface area contributed by atoms with Crippen LogP contribution in [0.15, 0.2) is 6.07 Å². The van der Waals surface area contributed by atoms with E-state index < -0.39 is 0 Å². The number of hydrogen-bond acceptors (Lipinski definition) is 4. The first-order chi connectivity index (χ1) is 15.3. The second-order valence-corrected chi connectivity index (χ2v) is 8.44. The summed E-state index contributed by atoms with van der Waals surface area (Å²) in [7, 11) is 36.7. The van der Waals surface area contributed by atoms with E-state index in [9.17, 15) is 0 Å². The van der Waals surface area contributed by atoms with E-state index in [0.717, 1.165) is 55.7 Å². The van der Waals surface area contributed by atoms with Crippen molar-refractivity contribution in [3.63, 3.8) is 0 Å². The van der Waals surface area contributed by atoms with Crippen LogP contribution in [-0.2, 0) is 13.0 Å². The maximum absolute atomic E-state index is 6.30. The lowest BCUT2D eigenvalue weighted by Gasteiger charge is -2.36. The highest BCUT2D eigenvalue weighted by Crippen LogP contribution is 2.32. The third kappa shape index (κ3) is 4.34. The van der Waals surface area contributed by atoms with Gasteiger partial charge in [-0.1, -0.05) is 27.9 Å². The zero-order valence-corrected chi connectivity index (χ0v) is 18.2. The van der Waals surface area contributed by atoms with Crippen molar-refractivity contribution in [3.05, 3.63) is 23.1 Å². The fourth-order valence-corrected chi connectivity index (χ4v) is 4.55. The van der Waals surface area contributed by atoms with Crippen LogP contribution in [0.1, 0.15) is 48.8 Å². The third-order valence-corrected chi connectivity index (χ3v) is 6.27. The van der Waals surface area contributed by atoms with E-state index in [4.69, 9.17) is 57.8 Å². The van der Waals surface area contributed by atoms with Crippen LogP contribution in [0.4, 0.5) is 0 Å². The molecule has 1 aliphatic rings. The van der Waals surface area contributed by atoms with E-state index in [-0.39, 0.29) is 11.6 Å². The molecule has 4 rings (SSSR count). The fraction of sp³-hybridized carbons (Fsp3) is 0.429. The molecule has 1 atom stereocenters. The Bertz CT molecular complexity index is 1150. The predicted molar refractivity (Wildman–Crippen MR) is 137 cm³/mol. The molecule has 0 bridgehead atoms. The lowest BCUT2D eigenvalue weighted by molar-refractivity contribution is 0.160. The van der Waals surface area contributed by atoms with Crippen LogP contribution in [-0.4, -0.2) is 80.0 Å². The SMILES string of the molecule is [B]c1cc([B])c2nc(CN(CCCCN)[C@H]3CCCc4c3nc([B])c([B])c4[B])[nH]c2c1[B]. The van der Waals surface area contributed by atoms with Gasteiger partial charge < -0.3 is 10.7 Å². The molecule has 1 aromatic carbocycles. The van der Waals surface area contributed by atoms with Gasteiger partial charge in [-0.2, -0.15) is 0 Å². The molecule has 0 unspecified atom stereocenters. The Labute approximate surface area is 197 Å². The summed E-state index contributed by atoms with van der Waals surface area (Å²) < 4.78 is 0. The van der Waals surface area contributed by atoms with Crippen molar-refractivity contribution in [2.45, 2.75) is 44.7 Å². The number of nitrogens with two attached hydrogens (primary N) is 1. The van der Waals surface area contributed by atoms with Crippen LogP contribution in [0.2, 0.25) is 0 Å². The summed E-state index contributed by atoms with van der Waals surface area (Å²) in [5.41, 5.74) is 11.4. The van der Waals surface area contributed by atoms with Gasteiger partial charge in [0.2, 0.25) is 0 Å². The number of pyridine rings is 1. The van der Waals surface area contributed by atoms with Gasteiger partial charge in [-0.25, -0.2) is 4.98 Å². The average Bonchev–Trinajstić information content (AvgIpc) is 3.20. The summed E-state index contributed by atoms with van der Waals surface area (Å²) in [6.45, 7) is 2.01. The second kappa shape index (κ2) is 9.56. The van der Waals surface area contributed by atoms with Gasteiger partial charge in [0.15, 0.2) is 0 Å². The number of nitrogens with one attached hydrogen (secondary N) is 1. The van der Waals surface area contributed by atoms with E-state index in [1.165, 1.54) is 0 Å². The minimum atomic E-state index is 0.0368. The largest absolute Gasteiger partial charge is 0.341 e.